The largest absolute Gasteiger partial charge is 0.486 e. The van der Waals surface area contributed by atoms with Crippen molar-refractivity contribution in [3.63, 3.8) is 0 Å². The van der Waals surface area contributed by atoms with Crippen LogP contribution in [0.5, 0.6) is 5.75 Å². The van der Waals surface area contributed by atoms with Gasteiger partial charge in [0.1, 0.15) is 17.0 Å². The van der Waals surface area contributed by atoms with Crippen LogP contribution >= 0.6 is 0 Å². The second-order valence-electron chi connectivity index (χ2n) is 8.03. The molecule has 0 radical (unpaired) electrons. The lowest BCUT2D eigenvalue weighted by molar-refractivity contribution is -0.384. The fraction of sp³-hybridized carbons (Fsp3) is 0.364. The molecule has 1 amide bonds. The molecule has 2 aromatic carbocycles. The second kappa shape index (κ2) is 7.44. The van der Waals surface area contributed by atoms with Crippen LogP contribution in [-0.2, 0) is 0 Å². The van der Waals surface area contributed by atoms with Crippen molar-refractivity contribution >= 4 is 23.1 Å². The number of piperidine rings is 1. The highest BCUT2D eigenvalue weighted by molar-refractivity contribution is 6.00. The lowest BCUT2D eigenvalue weighted by Gasteiger charge is -2.44. The van der Waals surface area contributed by atoms with Crippen molar-refractivity contribution in [2.45, 2.75) is 24.9 Å². The molecule has 2 aliphatic heterocycles. The molecule has 156 valence electrons. The number of likely N-dealkylation sites (tertiary alicyclic amines) is 1. The summed E-state index contributed by atoms with van der Waals surface area (Å²) in [6, 6.07) is 11.8. The highest BCUT2D eigenvalue weighted by Crippen LogP contribution is 2.39. The number of carbonyl (C=O) groups is 2. The standard InChI is InChI=1S/C22H23N3O5/c1-23(2)17-8-7-15(13-18(17)25(28)29)21(27)24-11-9-22(10-12-24)14-19(26)16-5-3-4-6-20(16)30-22/h3-8,13H,9-12,14H2,1-2H3. The van der Waals surface area contributed by atoms with Gasteiger partial charge >= 0.3 is 0 Å². The monoisotopic (exact) mass is 409 g/mol. The number of Topliss-reactive ketones (excluding diaryl/α,β-unsaturated/α-hetero) is 1. The molecule has 2 heterocycles. The van der Waals surface area contributed by atoms with E-state index in [4.69, 9.17) is 4.74 Å². The molecule has 0 aromatic heterocycles. The van der Waals surface area contributed by atoms with Gasteiger partial charge in [-0.05, 0) is 24.3 Å². The number of amides is 1. The number of nitrogens with zero attached hydrogens (tertiary/aromatic N) is 3. The van der Waals surface area contributed by atoms with Crippen LogP contribution < -0.4 is 9.64 Å². The predicted molar refractivity (Wildman–Crippen MR) is 111 cm³/mol. The number of carbonyl (C=O) groups excluding carboxylic acids is 2. The number of hydrogen-bond acceptors (Lipinski definition) is 6. The summed E-state index contributed by atoms with van der Waals surface area (Å²) in [6.45, 7) is 0.856. The minimum Gasteiger partial charge on any atom is -0.486 e. The summed E-state index contributed by atoms with van der Waals surface area (Å²) in [5.74, 6) is 0.413. The quantitative estimate of drug-likeness (QED) is 0.570. The van der Waals surface area contributed by atoms with Crippen LogP contribution in [0.1, 0.15) is 40.0 Å². The number of hydrogen-bond donors (Lipinski definition) is 0. The third-order valence-corrected chi connectivity index (χ3v) is 5.86. The molecule has 1 spiro atoms. The molecule has 30 heavy (non-hydrogen) atoms. The van der Waals surface area contributed by atoms with E-state index in [9.17, 15) is 19.7 Å². The summed E-state index contributed by atoms with van der Waals surface area (Å²) in [5.41, 5.74) is 0.645. The van der Waals surface area contributed by atoms with Gasteiger partial charge in [0.15, 0.2) is 5.78 Å². The van der Waals surface area contributed by atoms with Crippen molar-refractivity contribution in [1.29, 1.82) is 0 Å². The molecule has 0 bridgehead atoms. The van der Waals surface area contributed by atoms with Gasteiger partial charge in [0.05, 0.1) is 16.9 Å². The van der Waals surface area contributed by atoms with Gasteiger partial charge in [-0.3, -0.25) is 19.7 Å². The van der Waals surface area contributed by atoms with Gasteiger partial charge in [0.2, 0.25) is 0 Å². The average Bonchev–Trinajstić information content (AvgIpc) is 2.73. The number of rotatable bonds is 3. The first-order valence-electron chi connectivity index (χ1n) is 9.86. The highest BCUT2D eigenvalue weighted by atomic mass is 16.6. The maximum atomic E-state index is 13.0. The number of ketones is 1. The Morgan fingerprint density at radius 1 is 1.17 bits per heavy atom. The van der Waals surface area contributed by atoms with Crippen molar-refractivity contribution in [3.05, 3.63) is 63.7 Å². The molecule has 0 atom stereocenters. The van der Waals surface area contributed by atoms with E-state index in [1.165, 1.54) is 6.07 Å². The molecule has 0 saturated carbocycles. The molecule has 8 heteroatoms. The van der Waals surface area contributed by atoms with E-state index in [0.29, 0.717) is 49.4 Å². The zero-order valence-corrected chi connectivity index (χ0v) is 17.0. The summed E-state index contributed by atoms with van der Waals surface area (Å²) in [4.78, 5) is 39.8. The smallest absolute Gasteiger partial charge is 0.293 e. The minimum atomic E-state index is -0.594. The number of para-hydroxylation sites is 1. The van der Waals surface area contributed by atoms with Gasteiger partial charge in [0, 0.05) is 51.7 Å². The van der Waals surface area contributed by atoms with Crippen molar-refractivity contribution in [2.75, 3.05) is 32.1 Å². The molecule has 4 rings (SSSR count). The van der Waals surface area contributed by atoms with E-state index >= 15 is 0 Å². The maximum Gasteiger partial charge on any atom is 0.293 e. The van der Waals surface area contributed by atoms with Crippen LogP contribution in [0.25, 0.3) is 0 Å². The highest BCUT2D eigenvalue weighted by Gasteiger charge is 2.43. The third kappa shape index (κ3) is 3.49. The van der Waals surface area contributed by atoms with Crippen LogP contribution in [0.15, 0.2) is 42.5 Å². The van der Waals surface area contributed by atoms with Gasteiger partial charge in [-0.1, -0.05) is 12.1 Å². The minimum absolute atomic E-state index is 0.0616. The Morgan fingerprint density at radius 3 is 2.53 bits per heavy atom. The molecule has 1 fully saturated rings. The van der Waals surface area contributed by atoms with Crippen molar-refractivity contribution in [3.8, 4) is 5.75 Å². The zero-order chi connectivity index (χ0) is 21.5. The van der Waals surface area contributed by atoms with E-state index < -0.39 is 10.5 Å². The lowest BCUT2D eigenvalue weighted by atomic mass is 9.82. The predicted octanol–water partition coefficient (Wildman–Crippen LogP) is 3.30. The third-order valence-electron chi connectivity index (χ3n) is 5.86. The van der Waals surface area contributed by atoms with Gasteiger partial charge in [-0.25, -0.2) is 0 Å². The second-order valence-corrected chi connectivity index (χ2v) is 8.03. The van der Waals surface area contributed by atoms with Crippen molar-refractivity contribution in [1.82, 2.24) is 4.90 Å². The maximum absolute atomic E-state index is 13.0. The Hall–Kier alpha value is -3.42. The van der Waals surface area contributed by atoms with Gasteiger partial charge in [-0.15, -0.1) is 0 Å². The van der Waals surface area contributed by atoms with E-state index in [1.54, 1.807) is 48.2 Å². The molecule has 1 saturated heterocycles. The van der Waals surface area contributed by atoms with Gasteiger partial charge < -0.3 is 14.5 Å². The van der Waals surface area contributed by atoms with Gasteiger partial charge in [0.25, 0.3) is 11.6 Å². The van der Waals surface area contributed by atoms with Crippen LogP contribution in [-0.4, -0.2) is 54.3 Å². The number of nitro groups is 1. The van der Waals surface area contributed by atoms with Crippen LogP contribution in [0.4, 0.5) is 11.4 Å². The van der Waals surface area contributed by atoms with E-state index in [2.05, 4.69) is 0 Å². The molecule has 0 N–H and O–H groups in total. The van der Waals surface area contributed by atoms with Crippen LogP contribution in [0.3, 0.4) is 0 Å². The van der Waals surface area contributed by atoms with Crippen molar-refractivity contribution < 1.29 is 19.2 Å². The zero-order valence-electron chi connectivity index (χ0n) is 17.0. The molecule has 0 unspecified atom stereocenters. The molecule has 2 aromatic rings. The molecule has 8 nitrogen and oxygen atoms in total. The molecule has 2 aliphatic rings. The van der Waals surface area contributed by atoms with Crippen molar-refractivity contribution in [2.24, 2.45) is 0 Å². The average molecular weight is 409 g/mol. The molecule has 0 aliphatic carbocycles. The number of benzene rings is 2. The summed E-state index contributed by atoms with van der Waals surface area (Å²) in [6.07, 6.45) is 1.38. The van der Waals surface area contributed by atoms with E-state index in [1.807, 2.05) is 12.1 Å². The Bertz CT molecular complexity index is 1030. The fourth-order valence-corrected chi connectivity index (χ4v) is 4.20. The first-order chi connectivity index (χ1) is 14.3. The van der Waals surface area contributed by atoms with E-state index in [-0.39, 0.29) is 22.9 Å². The first kappa shape index (κ1) is 19.9. The number of nitro benzene ring substituents is 1. The Labute approximate surface area is 174 Å². The first-order valence-corrected chi connectivity index (χ1v) is 9.86. The fourth-order valence-electron chi connectivity index (χ4n) is 4.20. The summed E-state index contributed by atoms with van der Waals surface area (Å²) < 4.78 is 6.20. The summed E-state index contributed by atoms with van der Waals surface area (Å²) in [7, 11) is 3.44. The van der Waals surface area contributed by atoms with Gasteiger partial charge in [-0.2, -0.15) is 0 Å². The number of anilines is 1. The summed E-state index contributed by atoms with van der Waals surface area (Å²) >= 11 is 0. The van der Waals surface area contributed by atoms with E-state index in [0.717, 1.165) is 0 Å². The Balaban J connectivity index is 1.50. The van der Waals surface area contributed by atoms with Crippen LogP contribution in [0.2, 0.25) is 0 Å². The summed E-state index contributed by atoms with van der Waals surface area (Å²) in [5, 5.41) is 11.4. The normalized spacial score (nSPS) is 17.3. The van der Waals surface area contributed by atoms with Crippen LogP contribution in [0, 0.1) is 10.1 Å². The molecular formula is C22H23N3O5. The Kier molecular flexibility index (Phi) is 4.93. The number of fused-ring (bicyclic) bond motifs is 1. The number of ether oxygens (including phenoxy) is 1. The Morgan fingerprint density at radius 2 is 1.87 bits per heavy atom. The lowest BCUT2D eigenvalue weighted by Crippen LogP contribution is -2.52. The SMILES string of the molecule is CN(C)c1ccc(C(=O)N2CCC3(CC2)CC(=O)c2ccccc2O3)cc1[N+](=O)[O-]. The molecular weight excluding hydrogens is 386 g/mol. The topological polar surface area (TPSA) is 93.0 Å².